The van der Waals surface area contributed by atoms with Crippen molar-refractivity contribution >= 4 is 17.8 Å². The zero-order valence-corrected chi connectivity index (χ0v) is 6.63. The molecule has 62 valence electrons. The second kappa shape index (κ2) is 2.85. The van der Waals surface area contributed by atoms with E-state index in [2.05, 4.69) is 10.6 Å². The molecule has 1 amide bonds. The third-order valence-electron chi connectivity index (χ3n) is 2.08. The van der Waals surface area contributed by atoms with Crippen LogP contribution in [0, 0.1) is 0 Å². The van der Waals surface area contributed by atoms with Crippen molar-refractivity contribution in [3.63, 3.8) is 0 Å². The van der Waals surface area contributed by atoms with Gasteiger partial charge in [0, 0.05) is 23.5 Å². The highest BCUT2D eigenvalue weighted by Gasteiger charge is 2.12. The topological polar surface area (TPSA) is 41.1 Å². The summed E-state index contributed by atoms with van der Waals surface area (Å²) in [6, 6.07) is 5.88. The van der Waals surface area contributed by atoms with Crippen molar-refractivity contribution < 1.29 is 4.79 Å². The molecule has 1 aromatic rings. The summed E-state index contributed by atoms with van der Waals surface area (Å²) in [5.41, 5.74) is 3.28. The van der Waals surface area contributed by atoms with Gasteiger partial charge in [-0.05, 0) is 18.6 Å². The van der Waals surface area contributed by atoms with Gasteiger partial charge >= 0.3 is 0 Å². The van der Waals surface area contributed by atoms with Gasteiger partial charge in [0.15, 0.2) is 0 Å². The van der Waals surface area contributed by atoms with E-state index < -0.39 is 0 Å². The van der Waals surface area contributed by atoms with E-state index in [-0.39, 0.29) is 0 Å². The monoisotopic (exact) mass is 162 g/mol. The average Bonchev–Trinajstić information content (AvgIpc) is 2.53. The van der Waals surface area contributed by atoms with Crippen molar-refractivity contribution in [1.29, 1.82) is 0 Å². The lowest BCUT2D eigenvalue weighted by atomic mass is 10.1. The molecule has 0 aliphatic carbocycles. The molecule has 0 fully saturated rings. The van der Waals surface area contributed by atoms with Gasteiger partial charge in [-0.2, -0.15) is 0 Å². The van der Waals surface area contributed by atoms with Gasteiger partial charge in [-0.25, -0.2) is 0 Å². The first kappa shape index (κ1) is 7.16. The second-order valence-electron chi connectivity index (χ2n) is 2.77. The van der Waals surface area contributed by atoms with Gasteiger partial charge in [-0.15, -0.1) is 0 Å². The third-order valence-corrected chi connectivity index (χ3v) is 2.08. The Labute approximate surface area is 70.8 Å². The molecule has 0 atom stereocenters. The van der Waals surface area contributed by atoms with E-state index in [1.807, 2.05) is 18.2 Å². The maximum absolute atomic E-state index is 10.2. The summed E-state index contributed by atoms with van der Waals surface area (Å²) >= 11 is 0. The van der Waals surface area contributed by atoms with Crippen molar-refractivity contribution in [3.05, 3.63) is 23.8 Å². The van der Waals surface area contributed by atoms with Crippen LogP contribution in [0.25, 0.3) is 0 Å². The van der Waals surface area contributed by atoms with Gasteiger partial charge in [-0.3, -0.25) is 4.79 Å². The van der Waals surface area contributed by atoms with Gasteiger partial charge in [-0.1, -0.05) is 6.07 Å². The Morgan fingerprint density at radius 2 is 2.42 bits per heavy atom. The highest BCUT2D eigenvalue weighted by molar-refractivity contribution is 5.78. The molecule has 3 nitrogen and oxygen atoms in total. The molecule has 1 heterocycles. The maximum atomic E-state index is 10.2. The second-order valence-corrected chi connectivity index (χ2v) is 2.77. The fourth-order valence-electron chi connectivity index (χ4n) is 1.54. The molecule has 1 aromatic carbocycles. The number of carbonyl (C=O) groups is 1. The molecule has 0 aromatic heterocycles. The van der Waals surface area contributed by atoms with E-state index in [1.165, 1.54) is 5.56 Å². The van der Waals surface area contributed by atoms with Gasteiger partial charge in [0.2, 0.25) is 6.41 Å². The Kier molecular flexibility index (Phi) is 1.70. The Hall–Kier alpha value is -1.51. The van der Waals surface area contributed by atoms with Crippen molar-refractivity contribution in [1.82, 2.24) is 0 Å². The summed E-state index contributed by atoms with van der Waals surface area (Å²) < 4.78 is 0. The normalized spacial score (nSPS) is 13.3. The van der Waals surface area contributed by atoms with Gasteiger partial charge in [0.25, 0.3) is 0 Å². The summed E-state index contributed by atoms with van der Waals surface area (Å²) in [6.45, 7) is 0.965. The summed E-state index contributed by atoms with van der Waals surface area (Å²) in [7, 11) is 0. The van der Waals surface area contributed by atoms with E-state index >= 15 is 0 Å². The first-order valence-corrected chi connectivity index (χ1v) is 3.98. The van der Waals surface area contributed by atoms with E-state index in [4.69, 9.17) is 0 Å². The van der Waals surface area contributed by atoms with Crippen molar-refractivity contribution in [2.24, 2.45) is 0 Å². The minimum Gasteiger partial charge on any atom is -0.384 e. The van der Waals surface area contributed by atoms with Gasteiger partial charge in [0.05, 0.1) is 0 Å². The molecule has 0 unspecified atom stereocenters. The fraction of sp³-hybridized carbons (Fsp3) is 0.222. The number of nitrogens with one attached hydrogen (secondary N) is 2. The number of anilines is 2. The number of hydrogen-bond donors (Lipinski definition) is 2. The highest BCUT2D eigenvalue weighted by atomic mass is 16.1. The largest absolute Gasteiger partial charge is 0.384 e. The van der Waals surface area contributed by atoms with Crippen LogP contribution in [0.1, 0.15) is 5.56 Å². The zero-order valence-electron chi connectivity index (χ0n) is 6.63. The quantitative estimate of drug-likeness (QED) is 0.642. The van der Waals surface area contributed by atoms with Crippen molar-refractivity contribution in [2.75, 3.05) is 17.2 Å². The molecule has 3 heteroatoms. The summed E-state index contributed by atoms with van der Waals surface area (Å²) in [4.78, 5) is 10.2. The molecule has 1 aliphatic rings. The standard InChI is InChI=1S/C9H10N2O/c12-6-11-9-3-1-2-8-7(9)4-5-10-8/h1-3,6,10H,4-5H2,(H,11,12). The molecule has 0 saturated heterocycles. The number of carbonyl (C=O) groups excluding carboxylic acids is 1. The zero-order chi connectivity index (χ0) is 8.39. The van der Waals surface area contributed by atoms with E-state index in [0.29, 0.717) is 6.41 Å². The number of benzene rings is 1. The molecule has 0 radical (unpaired) electrons. The molecule has 0 bridgehead atoms. The maximum Gasteiger partial charge on any atom is 0.211 e. The molecule has 1 aliphatic heterocycles. The van der Waals surface area contributed by atoms with Gasteiger partial charge in [0.1, 0.15) is 0 Å². The molecular formula is C9H10N2O. The average molecular weight is 162 g/mol. The van der Waals surface area contributed by atoms with Crippen LogP contribution in [0.15, 0.2) is 18.2 Å². The lowest BCUT2D eigenvalue weighted by molar-refractivity contribution is -0.105. The highest BCUT2D eigenvalue weighted by Crippen LogP contribution is 2.28. The smallest absolute Gasteiger partial charge is 0.211 e. The predicted molar refractivity (Wildman–Crippen MR) is 48.3 cm³/mol. The van der Waals surface area contributed by atoms with Crippen molar-refractivity contribution in [3.8, 4) is 0 Å². The van der Waals surface area contributed by atoms with Crippen LogP contribution in [0.4, 0.5) is 11.4 Å². The van der Waals surface area contributed by atoms with E-state index in [1.54, 1.807) is 0 Å². The molecule has 0 saturated carbocycles. The van der Waals surface area contributed by atoms with Crippen molar-refractivity contribution in [2.45, 2.75) is 6.42 Å². The lowest BCUT2D eigenvalue weighted by Gasteiger charge is -2.04. The van der Waals surface area contributed by atoms with Crippen LogP contribution in [0.3, 0.4) is 0 Å². The molecule has 2 rings (SSSR count). The Morgan fingerprint density at radius 3 is 3.25 bits per heavy atom. The van der Waals surface area contributed by atoms with Crippen LogP contribution in [0.5, 0.6) is 0 Å². The number of rotatable bonds is 2. The van der Waals surface area contributed by atoms with Crippen LogP contribution in [0.2, 0.25) is 0 Å². The SMILES string of the molecule is O=CNc1cccc2c1CCN2. The van der Waals surface area contributed by atoms with E-state index in [0.717, 1.165) is 24.3 Å². The third kappa shape index (κ3) is 1.03. The van der Waals surface area contributed by atoms with Gasteiger partial charge < -0.3 is 10.6 Å². The summed E-state index contributed by atoms with van der Waals surface area (Å²) in [6.07, 6.45) is 1.71. The minimum absolute atomic E-state index is 0.716. The lowest BCUT2D eigenvalue weighted by Crippen LogP contribution is -1.96. The minimum atomic E-state index is 0.716. The Morgan fingerprint density at radius 1 is 1.50 bits per heavy atom. The Bertz CT molecular complexity index is 309. The van der Waals surface area contributed by atoms with Crippen LogP contribution >= 0.6 is 0 Å². The predicted octanol–water partition coefficient (Wildman–Crippen LogP) is 1.22. The fourth-order valence-corrected chi connectivity index (χ4v) is 1.54. The molecule has 12 heavy (non-hydrogen) atoms. The van der Waals surface area contributed by atoms with Crippen LogP contribution in [-0.2, 0) is 11.2 Å². The van der Waals surface area contributed by atoms with Crippen LogP contribution < -0.4 is 10.6 Å². The summed E-state index contributed by atoms with van der Waals surface area (Å²) in [5, 5.41) is 5.93. The number of fused-ring (bicyclic) bond motifs is 1. The number of hydrogen-bond acceptors (Lipinski definition) is 2. The molecule has 0 spiro atoms. The number of amides is 1. The first-order valence-electron chi connectivity index (χ1n) is 3.98. The summed E-state index contributed by atoms with van der Waals surface area (Å²) in [5.74, 6) is 0. The molecule has 2 N–H and O–H groups in total. The molecular weight excluding hydrogens is 152 g/mol. The Balaban J connectivity index is 2.42. The van der Waals surface area contributed by atoms with Crippen LogP contribution in [-0.4, -0.2) is 13.0 Å². The first-order chi connectivity index (χ1) is 5.92. The van der Waals surface area contributed by atoms with E-state index in [9.17, 15) is 4.79 Å².